The highest BCUT2D eigenvalue weighted by atomic mass is 32.2. The summed E-state index contributed by atoms with van der Waals surface area (Å²) in [5, 5.41) is 6.56. The van der Waals surface area contributed by atoms with E-state index in [-0.39, 0.29) is 0 Å². The maximum absolute atomic E-state index is 5.25. The Kier molecular flexibility index (Phi) is 8.21. The molecular weight excluding hydrogens is 246 g/mol. The van der Waals surface area contributed by atoms with Gasteiger partial charge in [0.1, 0.15) is 12.3 Å². The third-order valence-electron chi connectivity index (χ3n) is 2.39. The zero-order chi connectivity index (χ0) is 13.1. The molecule has 18 heavy (non-hydrogen) atoms. The first-order valence-electron chi connectivity index (χ1n) is 6.40. The van der Waals surface area contributed by atoms with Crippen molar-refractivity contribution in [2.24, 2.45) is 4.99 Å². The summed E-state index contributed by atoms with van der Waals surface area (Å²) in [5.41, 5.74) is 0. The fourth-order valence-electron chi connectivity index (χ4n) is 1.48. The molecule has 0 unspecified atom stereocenters. The minimum absolute atomic E-state index is 0.577. The van der Waals surface area contributed by atoms with E-state index >= 15 is 0 Å². The molecule has 4 nitrogen and oxygen atoms in total. The van der Waals surface area contributed by atoms with E-state index in [1.807, 2.05) is 23.9 Å². The Morgan fingerprint density at radius 2 is 2.28 bits per heavy atom. The summed E-state index contributed by atoms with van der Waals surface area (Å²) in [6.07, 6.45) is 6.23. The van der Waals surface area contributed by atoms with Crippen LogP contribution >= 0.6 is 11.8 Å². The SMILES string of the molecule is CCNC(=NCc1ccco1)NCCCCSC. The topological polar surface area (TPSA) is 49.6 Å². The predicted octanol–water partition coefficient (Wildman–Crippen LogP) is 2.48. The molecule has 0 bridgehead atoms. The van der Waals surface area contributed by atoms with Crippen LogP contribution in [0.25, 0.3) is 0 Å². The van der Waals surface area contributed by atoms with Crippen LogP contribution in [0.3, 0.4) is 0 Å². The largest absolute Gasteiger partial charge is 0.467 e. The smallest absolute Gasteiger partial charge is 0.191 e. The van der Waals surface area contributed by atoms with Gasteiger partial charge in [-0.2, -0.15) is 11.8 Å². The lowest BCUT2D eigenvalue weighted by Gasteiger charge is -2.10. The van der Waals surface area contributed by atoms with Crippen molar-refractivity contribution in [1.82, 2.24) is 10.6 Å². The van der Waals surface area contributed by atoms with Gasteiger partial charge in [0.05, 0.1) is 6.26 Å². The van der Waals surface area contributed by atoms with Gasteiger partial charge >= 0.3 is 0 Å². The van der Waals surface area contributed by atoms with E-state index in [2.05, 4.69) is 28.8 Å². The molecule has 0 radical (unpaired) electrons. The molecule has 0 aliphatic carbocycles. The lowest BCUT2D eigenvalue weighted by Crippen LogP contribution is -2.37. The number of nitrogens with one attached hydrogen (secondary N) is 2. The normalized spacial score (nSPS) is 11.6. The molecule has 2 N–H and O–H groups in total. The van der Waals surface area contributed by atoms with Crippen LogP contribution in [0.2, 0.25) is 0 Å². The first-order valence-corrected chi connectivity index (χ1v) is 7.79. The van der Waals surface area contributed by atoms with Crippen LogP contribution in [0.5, 0.6) is 0 Å². The Morgan fingerprint density at radius 1 is 1.39 bits per heavy atom. The molecule has 5 heteroatoms. The average Bonchev–Trinajstić information content (AvgIpc) is 2.88. The number of thioether (sulfide) groups is 1. The minimum atomic E-state index is 0.577. The zero-order valence-electron chi connectivity index (χ0n) is 11.2. The van der Waals surface area contributed by atoms with Crippen molar-refractivity contribution in [1.29, 1.82) is 0 Å². The van der Waals surface area contributed by atoms with Crippen LogP contribution in [-0.2, 0) is 6.54 Å². The average molecular weight is 269 g/mol. The quantitative estimate of drug-likeness (QED) is 0.432. The van der Waals surface area contributed by atoms with Gasteiger partial charge in [0.15, 0.2) is 5.96 Å². The molecule has 0 fully saturated rings. The maximum Gasteiger partial charge on any atom is 0.191 e. The summed E-state index contributed by atoms with van der Waals surface area (Å²) in [4.78, 5) is 4.47. The number of unbranched alkanes of at least 4 members (excludes halogenated alkanes) is 1. The van der Waals surface area contributed by atoms with E-state index in [0.29, 0.717) is 6.54 Å². The lowest BCUT2D eigenvalue weighted by molar-refractivity contribution is 0.512. The minimum Gasteiger partial charge on any atom is -0.467 e. The molecular formula is C13H23N3OS. The summed E-state index contributed by atoms with van der Waals surface area (Å²) in [5.74, 6) is 2.97. The second kappa shape index (κ2) is 9.88. The molecule has 0 aliphatic rings. The van der Waals surface area contributed by atoms with Crippen LogP contribution in [0.1, 0.15) is 25.5 Å². The van der Waals surface area contributed by atoms with Gasteiger partial charge in [-0.1, -0.05) is 0 Å². The van der Waals surface area contributed by atoms with Crippen LogP contribution in [0.4, 0.5) is 0 Å². The monoisotopic (exact) mass is 269 g/mol. The fraction of sp³-hybridized carbons (Fsp3) is 0.615. The molecule has 0 aromatic carbocycles. The Morgan fingerprint density at radius 3 is 2.94 bits per heavy atom. The standard InChI is InChI=1S/C13H23N3OS/c1-3-14-13(15-8-4-5-10-18-2)16-11-12-7-6-9-17-12/h6-7,9H,3-5,8,10-11H2,1-2H3,(H2,14,15,16). The second-order valence-electron chi connectivity index (χ2n) is 3.90. The van der Waals surface area contributed by atoms with Gasteiger partial charge in [-0.05, 0) is 43.9 Å². The van der Waals surface area contributed by atoms with Crippen molar-refractivity contribution in [3.8, 4) is 0 Å². The van der Waals surface area contributed by atoms with E-state index in [4.69, 9.17) is 4.42 Å². The Balaban J connectivity index is 2.27. The third-order valence-corrected chi connectivity index (χ3v) is 3.08. The summed E-state index contributed by atoms with van der Waals surface area (Å²) < 4.78 is 5.25. The van der Waals surface area contributed by atoms with Crippen molar-refractivity contribution in [2.75, 3.05) is 25.1 Å². The molecule has 1 aromatic heterocycles. The van der Waals surface area contributed by atoms with Gasteiger partial charge in [0.25, 0.3) is 0 Å². The summed E-state index contributed by atoms with van der Waals surface area (Å²) in [6.45, 7) is 4.48. The fourth-order valence-corrected chi connectivity index (χ4v) is 1.97. The van der Waals surface area contributed by atoms with E-state index in [9.17, 15) is 0 Å². The van der Waals surface area contributed by atoms with Gasteiger partial charge in [-0.3, -0.25) is 0 Å². The van der Waals surface area contributed by atoms with Gasteiger partial charge < -0.3 is 15.1 Å². The van der Waals surface area contributed by atoms with Crippen molar-refractivity contribution in [3.63, 3.8) is 0 Å². The van der Waals surface area contributed by atoms with E-state index in [1.165, 1.54) is 18.6 Å². The molecule has 102 valence electrons. The highest BCUT2D eigenvalue weighted by molar-refractivity contribution is 7.98. The highest BCUT2D eigenvalue weighted by Gasteiger charge is 1.98. The molecule has 1 aromatic rings. The Bertz CT molecular complexity index is 325. The second-order valence-corrected chi connectivity index (χ2v) is 4.89. The molecule has 0 saturated carbocycles. The Labute approximate surface area is 114 Å². The Hall–Kier alpha value is -1.10. The molecule has 1 heterocycles. The van der Waals surface area contributed by atoms with E-state index in [1.54, 1.807) is 6.26 Å². The van der Waals surface area contributed by atoms with Crippen LogP contribution in [0, 0.1) is 0 Å². The van der Waals surface area contributed by atoms with Crippen molar-refractivity contribution < 1.29 is 4.42 Å². The van der Waals surface area contributed by atoms with Crippen LogP contribution in [0.15, 0.2) is 27.8 Å². The van der Waals surface area contributed by atoms with Crippen molar-refractivity contribution in [2.45, 2.75) is 26.3 Å². The molecule has 0 spiro atoms. The maximum atomic E-state index is 5.25. The number of hydrogen-bond donors (Lipinski definition) is 2. The summed E-state index contributed by atoms with van der Waals surface area (Å²) in [7, 11) is 0. The number of nitrogens with zero attached hydrogens (tertiary/aromatic N) is 1. The molecule has 0 atom stereocenters. The van der Waals surface area contributed by atoms with Gasteiger partial charge in [0.2, 0.25) is 0 Å². The van der Waals surface area contributed by atoms with Gasteiger partial charge in [-0.15, -0.1) is 0 Å². The highest BCUT2D eigenvalue weighted by Crippen LogP contribution is 2.01. The number of guanidine groups is 1. The number of hydrogen-bond acceptors (Lipinski definition) is 3. The number of rotatable bonds is 8. The molecule has 0 amide bonds. The van der Waals surface area contributed by atoms with E-state index in [0.717, 1.165) is 24.8 Å². The van der Waals surface area contributed by atoms with Crippen LogP contribution in [-0.4, -0.2) is 31.1 Å². The van der Waals surface area contributed by atoms with Crippen LogP contribution < -0.4 is 10.6 Å². The molecule has 0 aliphatic heterocycles. The van der Waals surface area contributed by atoms with E-state index < -0.39 is 0 Å². The number of aliphatic imine (C=N–C) groups is 1. The first-order chi connectivity index (χ1) is 8.86. The predicted molar refractivity (Wildman–Crippen MR) is 79.1 cm³/mol. The van der Waals surface area contributed by atoms with Gasteiger partial charge in [-0.25, -0.2) is 4.99 Å². The third kappa shape index (κ3) is 6.59. The lowest BCUT2D eigenvalue weighted by atomic mass is 10.3. The van der Waals surface area contributed by atoms with Gasteiger partial charge in [0, 0.05) is 13.1 Å². The molecule has 0 saturated heterocycles. The zero-order valence-corrected chi connectivity index (χ0v) is 12.1. The summed E-state index contributed by atoms with van der Waals surface area (Å²) >= 11 is 1.89. The number of furan rings is 1. The molecule has 1 rings (SSSR count). The van der Waals surface area contributed by atoms with Crippen molar-refractivity contribution in [3.05, 3.63) is 24.2 Å². The summed E-state index contributed by atoms with van der Waals surface area (Å²) in [6, 6.07) is 3.82. The first kappa shape index (κ1) is 15.0. The van der Waals surface area contributed by atoms with Crippen molar-refractivity contribution >= 4 is 17.7 Å².